The Bertz CT molecular complexity index is 980. The number of fused-ring (bicyclic) bond motifs is 1. The SMILES string of the molecule is N#CC(C(=O)COc1ccc2ccccc2c1)C(=O)Nc1ccccn1. The van der Waals surface area contributed by atoms with Crippen LogP contribution in [0.15, 0.2) is 66.9 Å². The van der Waals surface area contributed by atoms with E-state index in [2.05, 4.69) is 10.3 Å². The number of rotatable bonds is 6. The minimum absolute atomic E-state index is 0.279. The van der Waals surface area contributed by atoms with Gasteiger partial charge in [-0.1, -0.05) is 36.4 Å². The van der Waals surface area contributed by atoms with E-state index < -0.39 is 17.6 Å². The van der Waals surface area contributed by atoms with Crippen molar-refractivity contribution < 1.29 is 14.3 Å². The highest BCUT2D eigenvalue weighted by molar-refractivity contribution is 6.09. The first-order chi connectivity index (χ1) is 12.7. The molecule has 1 aromatic heterocycles. The van der Waals surface area contributed by atoms with Crippen LogP contribution in [0.25, 0.3) is 10.8 Å². The van der Waals surface area contributed by atoms with E-state index in [1.807, 2.05) is 30.3 Å². The van der Waals surface area contributed by atoms with Crippen molar-refractivity contribution in [3.8, 4) is 11.8 Å². The van der Waals surface area contributed by atoms with Gasteiger partial charge in [0.15, 0.2) is 11.7 Å². The van der Waals surface area contributed by atoms with Gasteiger partial charge in [0.05, 0.1) is 6.07 Å². The van der Waals surface area contributed by atoms with Gasteiger partial charge < -0.3 is 10.1 Å². The average molecular weight is 345 g/mol. The Kier molecular flexibility index (Phi) is 5.20. The number of amides is 1. The summed E-state index contributed by atoms with van der Waals surface area (Å²) in [6, 6.07) is 19.8. The topological polar surface area (TPSA) is 92.1 Å². The maximum Gasteiger partial charge on any atom is 0.250 e. The summed E-state index contributed by atoms with van der Waals surface area (Å²) >= 11 is 0. The van der Waals surface area contributed by atoms with Crippen molar-refractivity contribution in [2.24, 2.45) is 5.92 Å². The molecule has 3 rings (SSSR count). The highest BCUT2D eigenvalue weighted by Crippen LogP contribution is 2.20. The molecule has 0 radical (unpaired) electrons. The fourth-order valence-corrected chi connectivity index (χ4v) is 2.41. The molecule has 0 spiro atoms. The number of nitriles is 1. The standard InChI is InChI=1S/C20H15N3O3/c21-12-17(20(25)23-19-7-3-4-10-22-19)18(24)13-26-16-9-8-14-5-1-2-6-15(14)11-16/h1-11,17H,13H2,(H,22,23,25). The number of nitrogens with one attached hydrogen (secondary N) is 1. The molecule has 2 aromatic carbocycles. The molecular formula is C20H15N3O3. The molecule has 6 heteroatoms. The molecule has 1 atom stereocenters. The highest BCUT2D eigenvalue weighted by atomic mass is 16.5. The number of benzene rings is 2. The molecule has 0 saturated carbocycles. The molecule has 3 aromatic rings. The van der Waals surface area contributed by atoms with E-state index in [4.69, 9.17) is 4.74 Å². The van der Waals surface area contributed by atoms with Crippen molar-refractivity contribution in [1.29, 1.82) is 5.26 Å². The zero-order chi connectivity index (χ0) is 18.4. The molecule has 0 aliphatic carbocycles. The van der Waals surface area contributed by atoms with Crippen LogP contribution >= 0.6 is 0 Å². The number of ketones is 1. The lowest BCUT2D eigenvalue weighted by Gasteiger charge is -2.10. The van der Waals surface area contributed by atoms with Crippen LogP contribution in [0.1, 0.15) is 0 Å². The Balaban J connectivity index is 1.63. The monoisotopic (exact) mass is 345 g/mol. The van der Waals surface area contributed by atoms with E-state index in [-0.39, 0.29) is 12.4 Å². The summed E-state index contributed by atoms with van der Waals surface area (Å²) in [6.45, 7) is -0.369. The van der Waals surface area contributed by atoms with Gasteiger partial charge in [0.1, 0.15) is 18.2 Å². The predicted molar refractivity (Wildman–Crippen MR) is 96.4 cm³/mol. The summed E-state index contributed by atoms with van der Waals surface area (Å²) in [5.41, 5.74) is 0. The van der Waals surface area contributed by atoms with Crippen LogP contribution in [0.2, 0.25) is 0 Å². The van der Waals surface area contributed by atoms with E-state index in [9.17, 15) is 14.9 Å². The van der Waals surface area contributed by atoms with Gasteiger partial charge in [-0.2, -0.15) is 5.26 Å². The fourth-order valence-electron chi connectivity index (χ4n) is 2.41. The van der Waals surface area contributed by atoms with Gasteiger partial charge in [0.25, 0.3) is 5.91 Å². The summed E-state index contributed by atoms with van der Waals surface area (Å²) in [5, 5.41) is 13.6. The quantitative estimate of drug-likeness (QED) is 0.694. The van der Waals surface area contributed by atoms with Gasteiger partial charge in [0.2, 0.25) is 0 Å². The number of Topliss-reactive ketones (excluding diaryl/α,β-unsaturated/α-hetero) is 1. The molecule has 26 heavy (non-hydrogen) atoms. The molecule has 128 valence electrons. The molecule has 0 fully saturated rings. The Morgan fingerprint density at radius 1 is 1.08 bits per heavy atom. The van der Waals surface area contributed by atoms with Crippen LogP contribution in [0.4, 0.5) is 5.82 Å². The number of anilines is 1. The average Bonchev–Trinajstić information content (AvgIpc) is 2.67. The molecule has 1 amide bonds. The molecule has 0 bridgehead atoms. The smallest absolute Gasteiger partial charge is 0.250 e. The van der Waals surface area contributed by atoms with Crippen molar-refractivity contribution in [1.82, 2.24) is 4.98 Å². The number of pyridine rings is 1. The lowest BCUT2D eigenvalue weighted by atomic mass is 10.1. The second kappa shape index (κ2) is 7.90. The number of hydrogen-bond donors (Lipinski definition) is 1. The van der Waals surface area contributed by atoms with Crippen molar-refractivity contribution in [3.63, 3.8) is 0 Å². The Hall–Kier alpha value is -3.72. The molecular weight excluding hydrogens is 330 g/mol. The van der Waals surface area contributed by atoms with Crippen molar-refractivity contribution in [2.75, 3.05) is 11.9 Å². The van der Waals surface area contributed by atoms with Gasteiger partial charge in [-0.25, -0.2) is 4.98 Å². The van der Waals surface area contributed by atoms with Gasteiger partial charge in [-0.15, -0.1) is 0 Å². The largest absolute Gasteiger partial charge is 0.486 e. The number of nitrogens with zero attached hydrogens (tertiary/aromatic N) is 2. The number of aromatic nitrogens is 1. The van der Waals surface area contributed by atoms with E-state index in [1.165, 1.54) is 6.20 Å². The van der Waals surface area contributed by atoms with Gasteiger partial charge in [-0.05, 0) is 35.0 Å². The number of hydrogen-bond acceptors (Lipinski definition) is 5. The molecule has 0 aliphatic heterocycles. The highest BCUT2D eigenvalue weighted by Gasteiger charge is 2.27. The third kappa shape index (κ3) is 4.02. The van der Waals surface area contributed by atoms with Crippen molar-refractivity contribution >= 4 is 28.3 Å². The zero-order valence-corrected chi connectivity index (χ0v) is 13.8. The lowest BCUT2D eigenvalue weighted by molar-refractivity contribution is -0.130. The summed E-state index contributed by atoms with van der Waals surface area (Å²) < 4.78 is 5.46. The van der Waals surface area contributed by atoms with Crippen LogP contribution in [0.5, 0.6) is 5.75 Å². The summed E-state index contributed by atoms with van der Waals surface area (Å²) in [4.78, 5) is 28.3. The first-order valence-corrected chi connectivity index (χ1v) is 7.93. The third-order valence-electron chi connectivity index (χ3n) is 3.73. The fraction of sp³-hybridized carbons (Fsp3) is 0.100. The number of carbonyl (C=O) groups is 2. The summed E-state index contributed by atoms with van der Waals surface area (Å²) in [7, 11) is 0. The minimum atomic E-state index is -1.46. The van der Waals surface area contributed by atoms with E-state index in [1.54, 1.807) is 36.4 Å². The lowest BCUT2D eigenvalue weighted by Crippen LogP contribution is -2.32. The van der Waals surface area contributed by atoms with Crippen molar-refractivity contribution in [3.05, 3.63) is 66.9 Å². The van der Waals surface area contributed by atoms with Gasteiger partial charge in [-0.3, -0.25) is 9.59 Å². The number of carbonyl (C=O) groups excluding carboxylic acids is 2. The van der Waals surface area contributed by atoms with E-state index in [0.717, 1.165) is 10.8 Å². The van der Waals surface area contributed by atoms with Crippen LogP contribution in [0, 0.1) is 17.2 Å². The Morgan fingerprint density at radius 2 is 1.85 bits per heavy atom. The zero-order valence-electron chi connectivity index (χ0n) is 13.8. The van der Waals surface area contributed by atoms with E-state index in [0.29, 0.717) is 5.75 Å². The predicted octanol–water partition coefficient (Wildman–Crippen LogP) is 2.96. The normalized spacial score (nSPS) is 11.3. The Labute approximate surface area is 150 Å². The maximum atomic E-state index is 12.2. The Morgan fingerprint density at radius 3 is 2.58 bits per heavy atom. The van der Waals surface area contributed by atoms with Crippen LogP contribution < -0.4 is 10.1 Å². The van der Waals surface area contributed by atoms with Crippen LogP contribution in [0.3, 0.4) is 0 Å². The molecule has 6 nitrogen and oxygen atoms in total. The first kappa shape index (κ1) is 17.1. The first-order valence-electron chi connectivity index (χ1n) is 7.93. The number of ether oxygens (including phenoxy) is 1. The molecule has 0 aliphatic rings. The minimum Gasteiger partial charge on any atom is -0.486 e. The van der Waals surface area contributed by atoms with Gasteiger partial charge in [0, 0.05) is 6.20 Å². The maximum absolute atomic E-state index is 12.2. The van der Waals surface area contributed by atoms with E-state index >= 15 is 0 Å². The summed E-state index contributed by atoms with van der Waals surface area (Å²) in [6.07, 6.45) is 1.50. The third-order valence-corrected chi connectivity index (χ3v) is 3.73. The molecule has 0 saturated heterocycles. The van der Waals surface area contributed by atoms with Crippen LogP contribution in [-0.2, 0) is 9.59 Å². The van der Waals surface area contributed by atoms with Gasteiger partial charge >= 0.3 is 0 Å². The molecule has 1 N–H and O–H groups in total. The van der Waals surface area contributed by atoms with Crippen LogP contribution in [-0.4, -0.2) is 23.3 Å². The second-order valence-corrected chi connectivity index (χ2v) is 5.53. The molecule has 1 heterocycles. The summed E-state index contributed by atoms with van der Waals surface area (Å²) in [5.74, 6) is -2.02. The second-order valence-electron chi connectivity index (χ2n) is 5.53. The van der Waals surface area contributed by atoms with Crippen molar-refractivity contribution in [2.45, 2.75) is 0 Å². The molecule has 1 unspecified atom stereocenters.